The maximum atomic E-state index is 12.2. The zero-order valence-corrected chi connectivity index (χ0v) is 11.8. The second-order valence-corrected chi connectivity index (χ2v) is 6.36. The molecule has 2 aromatic carbocycles. The normalized spacial score (nSPS) is 11.8. The molecule has 4 nitrogen and oxygen atoms in total. The molecule has 0 saturated heterocycles. The molecule has 2 rings (SSSR count). The summed E-state index contributed by atoms with van der Waals surface area (Å²) in [6, 6.07) is 15.7. The van der Waals surface area contributed by atoms with Crippen molar-refractivity contribution in [2.75, 3.05) is 12.0 Å². The molecule has 1 unspecified atom stereocenters. The molecule has 0 saturated carbocycles. The number of ketones is 1. The lowest BCUT2D eigenvalue weighted by Crippen LogP contribution is -2.15. The third kappa shape index (κ3) is 3.45. The summed E-state index contributed by atoms with van der Waals surface area (Å²) in [4.78, 5) is 23.5. The average Bonchev–Trinajstić information content (AvgIpc) is 2.48. The summed E-state index contributed by atoms with van der Waals surface area (Å²) in [5.74, 6) is 0.300. The molecule has 5 heteroatoms. The fraction of sp³-hybridized carbons (Fsp3) is 0.133. The van der Waals surface area contributed by atoms with Gasteiger partial charge < -0.3 is 0 Å². The Kier molecular flexibility index (Phi) is 4.53. The van der Waals surface area contributed by atoms with Gasteiger partial charge >= 0.3 is 0 Å². The van der Waals surface area contributed by atoms with Crippen LogP contribution < -0.4 is 0 Å². The van der Waals surface area contributed by atoms with Crippen molar-refractivity contribution in [1.29, 1.82) is 0 Å². The van der Waals surface area contributed by atoms with Crippen molar-refractivity contribution >= 4 is 22.4 Å². The number of non-ortho nitro benzene ring substituents is 1. The lowest BCUT2D eigenvalue weighted by Gasteiger charge is -2.02. The number of carbonyl (C=O) groups is 1. The molecule has 0 aliphatic rings. The summed E-state index contributed by atoms with van der Waals surface area (Å²) in [7, 11) is -0.201. The summed E-state index contributed by atoms with van der Waals surface area (Å²) < 4.78 is 0. The minimum absolute atomic E-state index is 0.0495. The molecule has 0 N–H and O–H groups in total. The SMILES string of the molecule is C[S+](CC(=O)c1cccc([N+](=O)[O-])c1)c1ccccc1. The number of carbonyl (C=O) groups excluding carboxylic acids is 1. The number of nitrogens with zero attached hydrogens (tertiary/aromatic N) is 1. The quantitative estimate of drug-likeness (QED) is 0.367. The Bertz CT molecular complexity index is 628. The second-order valence-electron chi connectivity index (χ2n) is 4.33. The van der Waals surface area contributed by atoms with E-state index < -0.39 is 4.92 Å². The van der Waals surface area contributed by atoms with E-state index in [0.29, 0.717) is 11.3 Å². The molecule has 1 atom stereocenters. The number of benzene rings is 2. The summed E-state index contributed by atoms with van der Waals surface area (Å²) in [6.07, 6.45) is 2.00. The molecule has 0 amide bonds. The van der Waals surface area contributed by atoms with E-state index in [1.165, 1.54) is 12.1 Å². The Morgan fingerprint density at radius 1 is 1.15 bits per heavy atom. The number of Topliss-reactive ketones (excluding diaryl/α,β-unsaturated/α-hetero) is 1. The zero-order chi connectivity index (χ0) is 14.5. The lowest BCUT2D eigenvalue weighted by molar-refractivity contribution is -0.384. The summed E-state index contributed by atoms with van der Waals surface area (Å²) in [5, 5.41) is 10.7. The van der Waals surface area contributed by atoms with Crippen molar-refractivity contribution in [3.63, 3.8) is 0 Å². The van der Waals surface area contributed by atoms with Crippen molar-refractivity contribution in [2.45, 2.75) is 4.90 Å². The molecule has 0 aromatic heterocycles. The van der Waals surface area contributed by atoms with Gasteiger partial charge in [-0.3, -0.25) is 14.9 Å². The van der Waals surface area contributed by atoms with Gasteiger partial charge in [0.2, 0.25) is 5.78 Å². The number of hydrogen-bond acceptors (Lipinski definition) is 3. The van der Waals surface area contributed by atoms with Gasteiger partial charge in [0, 0.05) is 28.6 Å². The maximum Gasteiger partial charge on any atom is 0.270 e. The van der Waals surface area contributed by atoms with Crippen LogP contribution in [0.1, 0.15) is 10.4 Å². The second kappa shape index (κ2) is 6.34. The molecule has 20 heavy (non-hydrogen) atoms. The van der Waals surface area contributed by atoms with Gasteiger partial charge in [0.15, 0.2) is 10.6 Å². The summed E-state index contributed by atoms with van der Waals surface area (Å²) >= 11 is 0. The van der Waals surface area contributed by atoms with Crippen LogP contribution in [0.5, 0.6) is 0 Å². The first-order chi connectivity index (χ1) is 9.58. The van der Waals surface area contributed by atoms with Crippen LogP contribution in [0.3, 0.4) is 0 Å². The molecule has 0 aliphatic heterocycles. The highest BCUT2D eigenvalue weighted by molar-refractivity contribution is 7.96. The summed E-state index contributed by atoms with van der Waals surface area (Å²) in [6.45, 7) is 0. The van der Waals surface area contributed by atoms with Gasteiger partial charge in [0.25, 0.3) is 5.69 Å². The van der Waals surface area contributed by atoms with Crippen LogP contribution in [0.25, 0.3) is 0 Å². The third-order valence-corrected chi connectivity index (χ3v) is 4.64. The van der Waals surface area contributed by atoms with Gasteiger partial charge in [-0.1, -0.05) is 30.3 Å². The van der Waals surface area contributed by atoms with Gasteiger partial charge in [-0.25, -0.2) is 0 Å². The zero-order valence-electron chi connectivity index (χ0n) is 11.0. The van der Waals surface area contributed by atoms with Gasteiger partial charge in [0.05, 0.1) is 4.92 Å². The average molecular weight is 288 g/mol. The Hall–Kier alpha value is -2.14. The van der Waals surface area contributed by atoms with Crippen molar-refractivity contribution in [3.8, 4) is 0 Å². The van der Waals surface area contributed by atoms with Crippen molar-refractivity contribution in [3.05, 3.63) is 70.3 Å². The first-order valence-electron chi connectivity index (χ1n) is 6.03. The summed E-state index contributed by atoms with van der Waals surface area (Å²) in [5.41, 5.74) is 0.348. The van der Waals surface area contributed by atoms with E-state index in [-0.39, 0.29) is 22.4 Å². The van der Waals surface area contributed by atoms with Crippen LogP contribution in [-0.2, 0) is 10.9 Å². The van der Waals surface area contributed by atoms with Crippen LogP contribution in [0.15, 0.2) is 59.5 Å². The minimum Gasteiger partial charge on any atom is -0.289 e. The minimum atomic E-state index is -0.486. The smallest absolute Gasteiger partial charge is 0.270 e. The van der Waals surface area contributed by atoms with Gasteiger partial charge in [-0.05, 0) is 12.1 Å². The largest absolute Gasteiger partial charge is 0.289 e. The van der Waals surface area contributed by atoms with Gasteiger partial charge in [-0.2, -0.15) is 0 Å². The van der Waals surface area contributed by atoms with Crippen LogP contribution in [0.2, 0.25) is 0 Å². The number of nitro groups is 1. The molecular formula is C15H14NO3S+. The monoisotopic (exact) mass is 288 g/mol. The fourth-order valence-corrected chi connectivity index (χ4v) is 3.16. The highest BCUT2D eigenvalue weighted by Gasteiger charge is 2.22. The van der Waals surface area contributed by atoms with Crippen LogP contribution >= 0.6 is 0 Å². The fourth-order valence-electron chi connectivity index (χ4n) is 1.81. The van der Waals surface area contributed by atoms with Crippen molar-refractivity contribution in [1.82, 2.24) is 0 Å². The molecular weight excluding hydrogens is 274 g/mol. The predicted molar refractivity (Wildman–Crippen MR) is 80.3 cm³/mol. The number of nitro benzene ring substituents is 1. The number of hydrogen-bond donors (Lipinski definition) is 0. The predicted octanol–water partition coefficient (Wildman–Crippen LogP) is 3.08. The van der Waals surface area contributed by atoms with Gasteiger partial charge in [-0.15, -0.1) is 0 Å². The van der Waals surface area contributed by atoms with E-state index in [9.17, 15) is 14.9 Å². The molecule has 0 bridgehead atoms. The molecule has 0 radical (unpaired) electrons. The topological polar surface area (TPSA) is 60.2 Å². The highest BCUT2D eigenvalue weighted by Crippen LogP contribution is 2.16. The first-order valence-corrected chi connectivity index (χ1v) is 7.83. The first kappa shape index (κ1) is 14.3. The van der Waals surface area contributed by atoms with E-state index in [0.717, 1.165) is 4.90 Å². The van der Waals surface area contributed by atoms with E-state index in [4.69, 9.17) is 0 Å². The van der Waals surface area contributed by atoms with Crippen molar-refractivity contribution in [2.24, 2.45) is 0 Å². The Morgan fingerprint density at radius 2 is 1.85 bits per heavy atom. The van der Waals surface area contributed by atoms with E-state index in [1.54, 1.807) is 12.1 Å². The Morgan fingerprint density at radius 3 is 2.50 bits per heavy atom. The molecule has 0 aliphatic carbocycles. The maximum absolute atomic E-state index is 12.2. The van der Waals surface area contributed by atoms with Crippen LogP contribution in [-0.4, -0.2) is 22.7 Å². The van der Waals surface area contributed by atoms with E-state index in [2.05, 4.69) is 0 Å². The molecule has 102 valence electrons. The van der Waals surface area contributed by atoms with Crippen molar-refractivity contribution < 1.29 is 9.72 Å². The molecule has 0 spiro atoms. The highest BCUT2D eigenvalue weighted by atomic mass is 32.2. The Labute approximate surface area is 119 Å². The lowest BCUT2D eigenvalue weighted by atomic mass is 10.1. The number of rotatable bonds is 5. The molecule has 2 aromatic rings. The van der Waals surface area contributed by atoms with Gasteiger partial charge in [0.1, 0.15) is 6.26 Å². The molecule has 0 heterocycles. The Balaban J connectivity index is 2.12. The van der Waals surface area contributed by atoms with E-state index in [1.807, 2.05) is 36.6 Å². The van der Waals surface area contributed by atoms with E-state index >= 15 is 0 Å². The van der Waals surface area contributed by atoms with Crippen LogP contribution in [0, 0.1) is 10.1 Å². The molecule has 0 fully saturated rings. The standard InChI is InChI=1S/C15H14NO3S/c1-20(14-8-3-2-4-9-14)11-15(17)12-6-5-7-13(10-12)16(18)19/h2-10H,11H2,1H3/q+1. The van der Waals surface area contributed by atoms with Crippen LogP contribution in [0.4, 0.5) is 5.69 Å². The third-order valence-electron chi connectivity index (χ3n) is 2.87.